The lowest BCUT2D eigenvalue weighted by atomic mass is 9.82. The predicted molar refractivity (Wildman–Crippen MR) is 250 cm³/mol. The third-order valence-corrected chi connectivity index (χ3v) is 11.9. The molecule has 276 valence electrons. The molecule has 0 aliphatic heterocycles. The first-order chi connectivity index (χ1) is 29.2. The molecule has 1 aliphatic rings. The van der Waals surface area contributed by atoms with Gasteiger partial charge in [-0.2, -0.15) is 0 Å². The lowest BCUT2D eigenvalue weighted by molar-refractivity contribution is 1.28. The van der Waals surface area contributed by atoms with E-state index in [0.29, 0.717) is 0 Å². The molecule has 1 N–H and O–H groups in total. The van der Waals surface area contributed by atoms with Crippen LogP contribution in [-0.4, -0.2) is 6.21 Å². The number of rotatable bonds is 8. The first kappa shape index (κ1) is 34.4. The monoisotopic (exact) mass is 750 g/mol. The van der Waals surface area contributed by atoms with Gasteiger partial charge in [0.2, 0.25) is 0 Å². The van der Waals surface area contributed by atoms with Crippen molar-refractivity contribution in [2.24, 2.45) is 0 Å². The molecule has 0 aromatic heterocycles. The molecule has 0 radical (unpaired) electrons. The van der Waals surface area contributed by atoms with Crippen LogP contribution < -0.4 is 4.90 Å². The van der Waals surface area contributed by atoms with Gasteiger partial charge in [0.1, 0.15) is 0 Å². The second-order valence-electron chi connectivity index (χ2n) is 15.2. The Hall–Kier alpha value is -7.81. The summed E-state index contributed by atoms with van der Waals surface area (Å²) in [6.45, 7) is 0. The van der Waals surface area contributed by atoms with Crippen LogP contribution >= 0.6 is 0 Å². The van der Waals surface area contributed by atoms with Crippen LogP contribution in [-0.2, 0) is 0 Å². The summed E-state index contributed by atoms with van der Waals surface area (Å²) in [5.41, 5.74) is 18.9. The van der Waals surface area contributed by atoms with E-state index in [4.69, 9.17) is 5.41 Å². The van der Waals surface area contributed by atoms with E-state index in [0.717, 1.165) is 33.8 Å². The maximum atomic E-state index is 7.74. The Bertz CT molecular complexity index is 3110. The summed E-state index contributed by atoms with van der Waals surface area (Å²) < 4.78 is 0. The maximum absolute atomic E-state index is 7.74. The Morgan fingerprint density at radius 3 is 1.46 bits per heavy atom. The maximum Gasteiger partial charge on any atom is 0.0467 e. The highest BCUT2D eigenvalue weighted by atomic mass is 15.1. The van der Waals surface area contributed by atoms with Crippen LogP contribution in [0.2, 0.25) is 0 Å². The average Bonchev–Trinajstić information content (AvgIpc) is 3.64. The van der Waals surface area contributed by atoms with Crippen molar-refractivity contribution in [1.29, 1.82) is 5.41 Å². The van der Waals surface area contributed by atoms with Crippen LogP contribution in [0.3, 0.4) is 0 Å². The fourth-order valence-corrected chi connectivity index (χ4v) is 9.31. The predicted octanol–water partition coefficient (Wildman–Crippen LogP) is 15.8. The molecule has 0 unspecified atom stereocenters. The van der Waals surface area contributed by atoms with Crippen LogP contribution in [0.25, 0.3) is 88.3 Å². The van der Waals surface area contributed by atoms with Crippen molar-refractivity contribution in [2.45, 2.75) is 0 Å². The molecule has 10 aromatic rings. The number of para-hydroxylation sites is 1. The van der Waals surface area contributed by atoms with Crippen LogP contribution in [0.15, 0.2) is 218 Å². The minimum atomic E-state index is 0.892. The van der Waals surface area contributed by atoms with Gasteiger partial charge in [0, 0.05) is 23.3 Å². The van der Waals surface area contributed by atoms with Gasteiger partial charge in [-0.25, -0.2) is 0 Å². The number of nitrogens with zero attached hydrogens (tertiary/aromatic N) is 1. The zero-order valence-electron chi connectivity index (χ0n) is 32.3. The zero-order valence-corrected chi connectivity index (χ0v) is 32.3. The van der Waals surface area contributed by atoms with E-state index in [1.54, 1.807) is 0 Å². The topological polar surface area (TPSA) is 27.1 Å². The summed E-state index contributed by atoms with van der Waals surface area (Å²) in [7, 11) is 0. The minimum absolute atomic E-state index is 0.892. The Balaban J connectivity index is 1.09. The van der Waals surface area contributed by atoms with Crippen LogP contribution in [0.5, 0.6) is 0 Å². The van der Waals surface area contributed by atoms with Crippen molar-refractivity contribution in [2.75, 3.05) is 4.90 Å². The van der Waals surface area contributed by atoms with Crippen LogP contribution in [0, 0.1) is 5.41 Å². The number of anilines is 3. The lowest BCUT2D eigenvalue weighted by Gasteiger charge is -2.26. The molecule has 10 aromatic carbocycles. The van der Waals surface area contributed by atoms with Gasteiger partial charge in [-0.3, -0.25) is 0 Å². The van der Waals surface area contributed by atoms with Crippen LogP contribution in [0.4, 0.5) is 17.1 Å². The molecule has 0 bridgehead atoms. The highest BCUT2D eigenvalue weighted by Gasteiger charge is 2.31. The van der Waals surface area contributed by atoms with Gasteiger partial charge in [0.05, 0.1) is 0 Å². The summed E-state index contributed by atoms with van der Waals surface area (Å²) in [5.74, 6) is 0. The molecular formula is C57H38N2. The molecule has 2 heteroatoms. The SMILES string of the molecule is N=Cc1cccc(-c2ccc(N(c3ccccc3)c3cccc(-c4ccc5c6c(cccc46)-c4c-5c(-c5ccccc5)c5ccccc5c4-c4ccccc4)c3)cc2)c1. The van der Waals surface area contributed by atoms with Crippen molar-refractivity contribution in [1.82, 2.24) is 0 Å². The highest BCUT2D eigenvalue weighted by molar-refractivity contribution is 6.28. The number of hydrogen-bond acceptors (Lipinski definition) is 2. The van der Waals surface area contributed by atoms with E-state index in [1.165, 1.54) is 83.4 Å². The minimum Gasteiger partial charge on any atom is -0.310 e. The molecule has 0 saturated carbocycles. The van der Waals surface area contributed by atoms with Gasteiger partial charge in [0.25, 0.3) is 0 Å². The van der Waals surface area contributed by atoms with Crippen molar-refractivity contribution >= 4 is 44.8 Å². The molecule has 0 heterocycles. The van der Waals surface area contributed by atoms with E-state index in [-0.39, 0.29) is 0 Å². The summed E-state index contributed by atoms with van der Waals surface area (Å²) in [6, 6.07) is 78.8. The van der Waals surface area contributed by atoms with Gasteiger partial charge in [-0.15, -0.1) is 0 Å². The number of benzene rings is 10. The molecule has 0 fully saturated rings. The van der Waals surface area contributed by atoms with Crippen molar-refractivity contribution in [3.63, 3.8) is 0 Å². The van der Waals surface area contributed by atoms with E-state index in [2.05, 4.69) is 211 Å². The van der Waals surface area contributed by atoms with Gasteiger partial charge in [-0.1, -0.05) is 176 Å². The molecule has 0 spiro atoms. The van der Waals surface area contributed by atoms with E-state index in [1.807, 2.05) is 12.1 Å². The molecule has 0 atom stereocenters. The molecule has 59 heavy (non-hydrogen) atoms. The summed E-state index contributed by atoms with van der Waals surface area (Å²) in [6.07, 6.45) is 1.40. The summed E-state index contributed by atoms with van der Waals surface area (Å²) in [5, 5.41) is 12.8. The fourth-order valence-electron chi connectivity index (χ4n) is 9.31. The van der Waals surface area contributed by atoms with Gasteiger partial charge < -0.3 is 10.3 Å². The molecule has 11 rings (SSSR count). The Morgan fingerprint density at radius 2 is 0.797 bits per heavy atom. The standard InChI is InChI=1S/C57H38N2/c58-37-38-15-12-20-42(35-38)39-29-31-45(32-30-39)59(44-22-8-3-9-23-44)46-24-13-21-43(36-46)47-33-34-52-55-48(47)27-14-28-51(55)56-53(40-16-4-1-5-17-40)49-25-10-11-26-50(49)54(57(52)56)41-18-6-2-7-19-41/h1-37,58H. The smallest absolute Gasteiger partial charge is 0.0467 e. The van der Waals surface area contributed by atoms with E-state index >= 15 is 0 Å². The first-order valence-corrected chi connectivity index (χ1v) is 20.2. The van der Waals surface area contributed by atoms with Crippen molar-refractivity contribution in [3.05, 3.63) is 224 Å². The van der Waals surface area contributed by atoms with Crippen molar-refractivity contribution < 1.29 is 0 Å². The summed E-state index contributed by atoms with van der Waals surface area (Å²) in [4.78, 5) is 2.33. The molecule has 1 aliphatic carbocycles. The fraction of sp³-hybridized carbons (Fsp3) is 0. The Kier molecular flexibility index (Phi) is 8.34. The summed E-state index contributed by atoms with van der Waals surface area (Å²) >= 11 is 0. The van der Waals surface area contributed by atoms with Crippen LogP contribution in [0.1, 0.15) is 5.56 Å². The second kappa shape index (κ2) is 14.3. The van der Waals surface area contributed by atoms with E-state index < -0.39 is 0 Å². The lowest BCUT2D eigenvalue weighted by Crippen LogP contribution is -2.09. The molecule has 2 nitrogen and oxygen atoms in total. The highest BCUT2D eigenvalue weighted by Crippen LogP contribution is 2.58. The van der Waals surface area contributed by atoms with E-state index in [9.17, 15) is 0 Å². The number of nitrogens with one attached hydrogen (secondary N) is 1. The Morgan fingerprint density at radius 1 is 0.305 bits per heavy atom. The number of hydrogen-bond donors (Lipinski definition) is 1. The Labute approximate surface area is 344 Å². The third kappa shape index (κ3) is 5.76. The third-order valence-electron chi connectivity index (χ3n) is 11.9. The normalized spacial score (nSPS) is 11.5. The van der Waals surface area contributed by atoms with Gasteiger partial charge >= 0.3 is 0 Å². The largest absolute Gasteiger partial charge is 0.310 e. The zero-order chi connectivity index (χ0) is 39.3. The molecule has 0 saturated heterocycles. The first-order valence-electron chi connectivity index (χ1n) is 20.2. The molecule has 0 amide bonds. The quantitative estimate of drug-likeness (QED) is 0.154. The average molecular weight is 751 g/mol. The second-order valence-corrected chi connectivity index (χ2v) is 15.2. The number of fused-ring (bicyclic) bond motifs is 4. The van der Waals surface area contributed by atoms with Gasteiger partial charge in [-0.05, 0) is 136 Å². The molecular weight excluding hydrogens is 713 g/mol. The van der Waals surface area contributed by atoms with Gasteiger partial charge in [0.15, 0.2) is 0 Å². The van der Waals surface area contributed by atoms with Crippen molar-refractivity contribution in [3.8, 4) is 66.8 Å².